The van der Waals surface area contributed by atoms with E-state index in [-0.39, 0.29) is 0 Å². The van der Waals surface area contributed by atoms with Crippen molar-refractivity contribution in [2.45, 2.75) is 38.1 Å². The van der Waals surface area contributed by atoms with Crippen molar-refractivity contribution in [2.24, 2.45) is 4.99 Å². The van der Waals surface area contributed by atoms with Gasteiger partial charge in [-0.2, -0.15) is 0 Å². The van der Waals surface area contributed by atoms with Crippen molar-refractivity contribution in [1.82, 2.24) is 0 Å². The maximum atomic E-state index is 5.62. The largest absolute Gasteiger partial charge is 0.486 e. The van der Waals surface area contributed by atoms with Gasteiger partial charge >= 0.3 is 0 Å². The number of nitrogens with zero attached hydrogens (tertiary/aromatic N) is 1. The Kier molecular flexibility index (Phi) is 4.06. The maximum absolute atomic E-state index is 5.62. The van der Waals surface area contributed by atoms with E-state index in [1.165, 1.54) is 32.1 Å². The zero-order valence-electron chi connectivity index (χ0n) is 10.9. The van der Waals surface area contributed by atoms with Crippen molar-refractivity contribution in [2.75, 3.05) is 13.2 Å². The first-order valence-corrected chi connectivity index (χ1v) is 7.74. The fourth-order valence-electron chi connectivity index (χ4n) is 2.63. The molecular weight excluding hydrogens is 306 g/mol. The van der Waals surface area contributed by atoms with E-state index in [0.29, 0.717) is 19.3 Å². The highest BCUT2D eigenvalue weighted by atomic mass is 79.9. The average molecular weight is 324 g/mol. The highest BCUT2D eigenvalue weighted by Gasteiger charge is 2.16. The van der Waals surface area contributed by atoms with Crippen LogP contribution in [0.2, 0.25) is 0 Å². The minimum atomic E-state index is 0.501. The number of halogens is 1. The van der Waals surface area contributed by atoms with Gasteiger partial charge in [-0.1, -0.05) is 19.3 Å². The summed E-state index contributed by atoms with van der Waals surface area (Å²) in [5.74, 6) is 1.62. The molecule has 0 N–H and O–H groups in total. The summed E-state index contributed by atoms with van der Waals surface area (Å²) in [6, 6.07) is 4.55. The van der Waals surface area contributed by atoms with E-state index in [0.717, 1.165) is 21.5 Å². The summed E-state index contributed by atoms with van der Waals surface area (Å²) in [4.78, 5) is 4.70. The van der Waals surface area contributed by atoms with Crippen molar-refractivity contribution < 1.29 is 9.47 Å². The molecule has 3 rings (SSSR count). The normalized spacial score (nSPS) is 19.8. The Morgan fingerprint density at radius 2 is 1.89 bits per heavy atom. The molecule has 1 aliphatic heterocycles. The van der Waals surface area contributed by atoms with E-state index in [1.807, 2.05) is 18.3 Å². The summed E-state index contributed by atoms with van der Waals surface area (Å²) < 4.78 is 12.1. The first-order valence-electron chi connectivity index (χ1n) is 6.95. The van der Waals surface area contributed by atoms with Crippen LogP contribution in [0.25, 0.3) is 0 Å². The lowest BCUT2D eigenvalue weighted by molar-refractivity contribution is 0.170. The van der Waals surface area contributed by atoms with Crippen LogP contribution in [-0.4, -0.2) is 25.5 Å². The molecule has 1 fully saturated rings. The molecule has 0 saturated heterocycles. The van der Waals surface area contributed by atoms with Crippen LogP contribution in [0.5, 0.6) is 11.5 Å². The summed E-state index contributed by atoms with van der Waals surface area (Å²) in [7, 11) is 0. The van der Waals surface area contributed by atoms with Gasteiger partial charge < -0.3 is 9.47 Å². The number of benzene rings is 1. The third kappa shape index (κ3) is 3.11. The van der Waals surface area contributed by atoms with Gasteiger partial charge in [-0.05, 0) is 46.5 Å². The molecule has 1 saturated carbocycles. The van der Waals surface area contributed by atoms with Crippen LogP contribution in [0.3, 0.4) is 0 Å². The summed E-state index contributed by atoms with van der Waals surface area (Å²) in [5.41, 5.74) is 1.07. The SMILES string of the molecule is Brc1cc(C=NC2CCCCC2)cc2c1OCCO2. The van der Waals surface area contributed by atoms with E-state index in [2.05, 4.69) is 15.9 Å². The number of hydrogen-bond donors (Lipinski definition) is 0. The van der Waals surface area contributed by atoms with Gasteiger partial charge in [0.05, 0.1) is 4.47 Å². The van der Waals surface area contributed by atoms with Crippen LogP contribution in [0.15, 0.2) is 21.6 Å². The van der Waals surface area contributed by atoms with Gasteiger partial charge in [0.25, 0.3) is 0 Å². The fourth-order valence-corrected chi connectivity index (χ4v) is 3.20. The molecule has 0 spiro atoms. The molecule has 102 valence electrons. The lowest BCUT2D eigenvalue weighted by Gasteiger charge is -2.20. The van der Waals surface area contributed by atoms with Crippen LogP contribution in [-0.2, 0) is 0 Å². The minimum Gasteiger partial charge on any atom is -0.486 e. The van der Waals surface area contributed by atoms with E-state index < -0.39 is 0 Å². The van der Waals surface area contributed by atoms with Crippen LogP contribution in [0.4, 0.5) is 0 Å². The first kappa shape index (κ1) is 13.0. The monoisotopic (exact) mass is 323 g/mol. The second-order valence-corrected chi connectivity index (χ2v) is 5.95. The van der Waals surface area contributed by atoms with Crippen LogP contribution < -0.4 is 9.47 Å². The Bertz CT molecular complexity index is 481. The molecule has 4 heteroatoms. The lowest BCUT2D eigenvalue weighted by atomic mass is 9.96. The minimum absolute atomic E-state index is 0.501. The third-order valence-corrected chi connectivity index (χ3v) is 4.22. The summed E-state index contributed by atoms with van der Waals surface area (Å²) in [5, 5.41) is 0. The second kappa shape index (κ2) is 5.95. The van der Waals surface area contributed by atoms with Crippen molar-refractivity contribution in [3.05, 3.63) is 22.2 Å². The topological polar surface area (TPSA) is 30.8 Å². The predicted molar refractivity (Wildman–Crippen MR) is 79.6 cm³/mol. The molecule has 1 aliphatic carbocycles. The first-order chi connectivity index (χ1) is 9.33. The number of ether oxygens (including phenoxy) is 2. The van der Waals surface area contributed by atoms with Crippen LogP contribution in [0.1, 0.15) is 37.7 Å². The van der Waals surface area contributed by atoms with Gasteiger partial charge in [0, 0.05) is 12.3 Å². The number of rotatable bonds is 2. The molecule has 1 heterocycles. The maximum Gasteiger partial charge on any atom is 0.175 e. The summed E-state index contributed by atoms with van der Waals surface area (Å²) >= 11 is 3.53. The Morgan fingerprint density at radius 3 is 2.74 bits per heavy atom. The molecule has 0 bridgehead atoms. The van der Waals surface area contributed by atoms with Crippen molar-refractivity contribution in [1.29, 1.82) is 0 Å². The van der Waals surface area contributed by atoms with Gasteiger partial charge in [0.1, 0.15) is 13.2 Å². The molecule has 0 atom stereocenters. The van der Waals surface area contributed by atoms with Crippen molar-refractivity contribution in [3.8, 4) is 11.5 Å². The number of aliphatic imine (C=N–C) groups is 1. The van der Waals surface area contributed by atoms with Gasteiger partial charge in [-0.25, -0.2) is 0 Å². The second-order valence-electron chi connectivity index (χ2n) is 5.10. The zero-order valence-corrected chi connectivity index (χ0v) is 12.5. The van der Waals surface area contributed by atoms with Crippen molar-refractivity contribution in [3.63, 3.8) is 0 Å². The molecule has 2 aliphatic rings. The summed E-state index contributed by atoms with van der Waals surface area (Å²) in [6.45, 7) is 1.23. The van der Waals surface area contributed by atoms with Crippen LogP contribution in [0, 0.1) is 0 Å². The van der Waals surface area contributed by atoms with E-state index in [1.54, 1.807) is 0 Å². The quantitative estimate of drug-likeness (QED) is 0.771. The van der Waals surface area contributed by atoms with E-state index >= 15 is 0 Å². The smallest absolute Gasteiger partial charge is 0.175 e. The molecule has 0 radical (unpaired) electrons. The van der Waals surface area contributed by atoms with Gasteiger partial charge in [0.15, 0.2) is 11.5 Å². The van der Waals surface area contributed by atoms with Crippen LogP contribution >= 0.6 is 15.9 Å². The summed E-state index contributed by atoms with van der Waals surface area (Å²) in [6.07, 6.45) is 8.41. The molecule has 19 heavy (non-hydrogen) atoms. The Hall–Kier alpha value is -1.03. The Labute approximate surface area is 122 Å². The molecule has 1 aromatic rings. The Morgan fingerprint density at radius 1 is 1.11 bits per heavy atom. The standard InChI is InChI=1S/C15H18BrNO2/c16-13-8-11(9-14-15(13)19-7-6-18-14)10-17-12-4-2-1-3-5-12/h8-10,12H,1-7H2. The van der Waals surface area contributed by atoms with Crippen molar-refractivity contribution >= 4 is 22.1 Å². The Balaban J connectivity index is 1.77. The van der Waals surface area contributed by atoms with E-state index in [9.17, 15) is 0 Å². The third-order valence-electron chi connectivity index (χ3n) is 3.63. The molecule has 1 aromatic carbocycles. The fraction of sp³-hybridized carbons (Fsp3) is 0.533. The highest BCUT2D eigenvalue weighted by Crippen LogP contribution is 2.38. The van der Waals surface area contributed by atoms with E-state index in [4.69, 9.17) is 14.5 Å². The van der Waals surface area contributed by atoms with Gasteiger partial charge in [0.2, 0.25) is 0 Å². The number of fused-ring (bicyclic) bond motifs is 1. The molecule has 0 unspecified atom stereocenters. The molecule has 3 nitrogen and oxygen atoms in total. The zero-order chi connectivity index (χ0) is 13.1. The predicted octanol–water partition coefficient (Wildman–Crippen LogP) is 3.97. The van der Waals surface area contributed by atoms with Gasteiger partial charge in [-0.3, -0.25) is 4.99 Å². The molecule has 0 amide bonds. The number of hydrogen-bond acceptors (Lipinski definition) is 3. The highest BCUT2D eigenvalue weighted by molar-refractivity contribution is 9.10. The lowest BCUT2D eigenvalue weighted by Crippen LogP contribution is -2.16. The van der Waals surface area contributed by atoms with Gasteiger partial charge in [-0.15, -0.1) is 0 Å². The average Bonchev–Trinajstić information content (AvgIpc) is 2.46. The molecule has 0 aromatic heterocycles. The molecular formula is C15H18BrNO2.